The maximum Gasteiger partial charge on any atom is 0.258 e. The molecule has 4 rings (SSSR count). The van der Waals surface area contributed by atoms with Crippen LogP contribution in [0.3, 0.4) is 0 Å². The number of benzene rings is 2. The van der Waals surface area contributed by atoms with E-state index in [1.54, 1.807) is 35.1 Å². The highest BCUT2D eigenvalue weighted by molar-refractivity contribution is 6.04. The minimum Gasteiger partial charge on any atom is -0.441 e. The minimum absolute atomic E-state index is 0.360. The van der Waals surface area contributed by atoms with Crippen molar-refractivity contribution in [3.63, 3.8) is 0 Å². The molecular formula is C21H16F2N4O2. The summed E-state index contributed by atoms with van der Waals surface area (Å²) >= 11 is 0. The summed E-state index contributed by atoms with van der Waals surface area (Å²) in [7, 11) is 0. The largest absolute Gasteiger partial charge is 0.441 e. The SMILES string of the molecule is Cc1oc(-c2ccc(NC(=O)c3cc(F)ccc3F)cc2)nc1Cn1cccn1. The van der Waals surface area contributed by atoms with Crippen LogP contribution in [0.1, 0.15) is 21.8 Å². The topological polar surface area (TPSA) is 73.0 Å². The first-order valence-electron chi connectivity index (χ1n) is 8.80. The summed E-state index contributed by atoms with van der Waals surface area (Å²) in [5.41, 5.74) is 1.56. The molecule has 4 aromatic rings. The van der Waals surface area contributed by atoms with Gasteiger partial charge in [0, 0.05) is 23.6 Å². The molecular weight excluding hydrogens is 378 g/mol. The van der Waals surface area contributed by atoms with Gasteiger partial charge in [-0.05, 0) is 55.5 Å². The summed E-state index contributed by atoms with van der Waals surface area (Å²) in [5, 5.41) is 6.70. The van der Waals surface area contributed by atoms with Crippen LogP contribution >= 0.6 is 0 Å². The third-order valence-corrected chi connectivity index (χ3v) is 4.33. The number of hydrogen-bond acceptors (Lipinski definition) is 4. The van der Waals surface area contributed by atoms with Gasteiger partial charge in [-0.3, -0.25) is 9.48 Å². The Balaban J connectivity index is 1.49. The molecule has 6 nitrogen and oxygen atoms in total. The lowest BCUT2D eigenvalue weighted by atomic mass is 10.1. The molecule has 0 aliphatic rings. The number of nitrogens with one attached hydrogen (secondary N) is 1. The standard InChI is InChI=1S/C21H16F2N4O2/c1-13-19(12-27-10-2-9-24-27)26-21(29-13)14-3-6-16(7-4-14)25-20(28)17-11-15(22)5-8-18(17)23/h2-11H,12H2,1H3,(H,25,28). The number of aromatic nitrogens is 3. The molecule has 0 unspecified atom stereocenters. The van der Waals surface area contributed by atoms with Gasteiger partial charge in [0.25, 0.3) is 5.91 Å². The van der Waals surface area contributed by atoms with Crippen molar-refractivity contribution in [2.75, 3.05) is 5.32 Å². The quantitative estimate of drug-likeness (QED) is 0.544. The zero-order chi connectivity index (χ0) is 20.4. The van der Waals surface area contributed by atoms with E-state index >= 15 is 0 Å². The number of nitrogens with zero attached hydrogens (tertiary/aromatic N) is 3. The Bertz CT molecular complexity index is 1150. The molecule has 8 heteroatoms. The normalized spacial score (nSPS) is 10.9. The van der Waals surface area contributed by atoms with E-state index in [-0.39, 0.29) is 5.56 Å². The molecule has 1 amide bonds. The van der Waals surface area contributed by atoms with Gasteiger partial charge in [0.2, 0.25) is 5.89 Å². The van der Waals surface area contributed by atoms with Crippen molar-refractivity contribution in [3.8, 4) is 11.5 Å². The number of rotatable bonds is 5. The first-order chi connectivity index (χ1) is 14.0. The molecule has 2 heterocycles. The highest BCUT2D eigenvalue weighted by atomic mass is 19.1. The van der Waals surface area contributed by atoms with Crippen molar-refractivity contribution in [1.29, 1.82) is 0 Å². The van der Waals surface area contributed by atoms with E-state index in [1.807, 2.05) is 19.2 Å². The zero-order valence-corrected chi connectivity index (χ0v) is 15.4. The molecule has 0 saturated carbocycles. The van der Waals surface area contributed by atoms with Crippen molar-refractivity contribution in [2.45, 2.75) is 13.5 Å². The Morgan fingerprint density at radius 3 is 2.69 bits per heavy atom. The number of oxazole rings is 1. The van der Waals surface area contributed by atoms with Gasteiger partial charge in [0.1, 0.15) is 23.1 Å². The molecule has 0 fully saturated rings. The Labute approximate surface area is 164 Å². The molecule has 0 bridgehead atoms. The maximum absolute atomic E-state index is 13.7. The fourth-order valence-electron chi connectivity index (χ4n) is 2.81. The first kappa shape index (κ1) is 18.5. The van der Waals surface area contributed by atoms with E-state index in [9.17, 15) is 13.6 Å². The molecule has 29 heavy (non-hydrogen) atoms. The molecule has 0 saturated heterocycles. The van der Waals surface area contributed by atoms with Crippen molar-refractivity contribution >= 4 is 11.6 Å². The number of halogens is 2. The van der Waals surface area contributed by atoms with Gasteiger partial charge in [-0.2, -0.15) is 5.10 Å². The van der Waals surface area contributed by atoms with Crippen molar-refractivity contribution in [1.82, 2.24) is 14.8 Å². The van der Waals surface area contributed by atoms with Gasteiger partial charge in [0.15, 0.2) is 0 Å². The zero-order valence-electron chi connectivity index (χ0n) is 15.4. The summed E-state index contributed by atoms with van der Waals surface area (Å²) in [6.45, 7) is 2.33. The summed E-state index contributed by atoms with van der Waals surface area (Å²) in [6, 6.07) is 11.3. The van der Waals surface area contributed by atoms with Crippen molar-refractivity contribution in [3.05, 3.63) is 89.6 Å². The average Bonchev–Trinajstić information content (AvgIpc) is 3.35. The van der Waals surface area contributed by atoms with Crippen LogP contribution in [0.15, 0.2) is 65.3 Å². The molecule has 0 radical (unpaired) electrons. The predicted molar refractivity (Wildman–Crippen MR) is 102 cm³/mol. The molecule has 0 aliphatic heterocycles. The highest BCUT2D eigenvalue weighted by Crippen LogP contribution is 2.24. The molecule has 0 spiro atoms. The van der Waals surface area contributed by atoms with Crippen LogP contribution in [0.2, 0.25) is 0 Å². The summed E-state index contributed by atoms with van der Waals surface area (Å²) in [5.74, 6) is -1.08. The third kappa shape index (κ3) is 4.06. The Hall–Kier alpha value is -3.81. The van der Waals surface area contributed by atoms with Crippen LogP contribution in [0, 0.1) is 18.6 Å². The van der Waals surface area contributed by atoms with E-state index < -0.39 is 17.5 Å². The average molecular weight is 394 g/mol. The molecule has 2 aromatic heterocycles. The Kier molecular flexibility index (Phi) is 4.90. The van der Waals surface area contributed by atoms with Crippen molar-refractivity contribution < 1.29 is 18.0 Å². The van der Waals surface area contributed by atoms with Crippen LogP contribution in [-0.2, 0) is 6.54 Å². The maximum atomic E-state index is 13.7. The fraction of sp³-hybridized carbons (Fsp3) is 0.0952. The van der Waals surface area contributed by atoms with Crippen molar-refractivity contribution in [2.24, 2.45) is 0 Å². The van der Waals surface area contributed by atoms with Gasteiger partial charge in [-0.25, -0.2) is 13.8 Å². The molecule has 146 valence electrons. The number of amides is 1. The summed E-state index contributed by atoms with van der Waals surface area (Å²) < 4.78 is 34.5. The van der Waals surface area contributed by atoms with E-state index in [1.165, 1.54) is 0 Å². The third-order valence-electron chi connectivity index (χ3n) is 4.33. The number of aryl methyl sites for hydroxylation is 1. The smallest absolute Gasteiger partial charge is 0.258 e. The monoisotopic (exact) mass is 394 g/mol. The van der Waals surface area contributed by atoms with Crippen LogP contribution in [0.4, 0.5) is 14.5 Å². The van der Waals surface area contributed by atoms with Gasteiger partial charge in [-0.15, -0.1) is 0 Å². The van der Waals surface area contributed by atoms with Crippen LogP contribution in [-0.4, -0.2) is 20.7 Å². The summed E-state index contributed by atoms with van der Waals surface area (Å²) in [6.07, 6.45) is 3.53. The lowest BCUT2D eigenvalue weighted by Gasteiger charge is -2.07. The highest BCUT2D eigenvalue weighted by Gasteiger charge is 2.15. The molecule has 0 aliphatic carbocycles. The van der Waals surface area contributed by atoms with Gasteiger partial charge >= 0.3 is 0 Å². The van der Waals surface area contributed by atoms with Crippen LogP contribution < -0.4 is 5.32 Å². The second-order valence-corrected chi connectivity index (χ2v) is 6.38. The lowest BCUT2D eigenvalue weighted by Crippen LogP contribution is -2.14. The number of carbonyl (C=O) groups is 1. The number of carbonyl (C=O) groups excluding carboxylic acids is 1. The van der Waals surface area contributed by atoms with E-state index in [2.05, 4.69) is 15.4 Å². The molecule has 0 atom stereocenters. The van der Waals surface area contributed by atoms with E-state index in [0.29, 0.717) is 23.9 Å². The fourth-order valence-corrected chi connectivity index (χ4v) is 2.81. The van der Waals surface area contributed by atoms with Crippen LogP contribution in [0.25, 0.3) is 11.5 Å². The molecule has 1 N–H and O–H groups in total. The number of anilines is 1. The Morgan fingerprint density at radius 2 is 1.97 bits per heavy atom. The van der Waals surface area contributed by atoms with E-state index in [4.69, 9.17) is 4.42 Å². The van der Waals surface area contributed by atoms with Gasteiger partial charge < -0.3 is 9.73 Å². The second kappa shape index (κ2) is 7.67. The van der Waals surface area contributed by atoms with Gasteiger partial charge in [0.05, 0.1) is 12.1 Å². The minimum atomic E-state index is -0.791. The van der Waals surface area contributed by atoms with E-state index in [0.717, 1.165) is 29.5 Å². The molecule has 2 aromatic carbocycles. The lowest BCUT2D eigenvalue weighted by molar-refractivity contribution is 0.102. The number of hydrogen-bond donors (Lipinski definition) is 1. The predicted octanol–water partition coefficient (Wildman–Crippen LogP) is 4.43. The first-order valence-corrected chi connectivity index (χ1v) is 8.80. The van der Waals surface area contributed by atoms with Crippen LogP contribution in [0.5, 0.6) is 0 Å². The van der Waals surface area contributed by atoms with Gasteiger partial charge in [-0.1, -0.05) is 0 Å². The Morgan fingerprint density at radius 1 is 1.17 bits per heavy atom. The summed E-state index contributed by atoms with van der Waals surface area (Å²) in [4.78, 5) is 16.7. The second-order valence-electron chi connectivity index (χ2n) is 6.38.